The molecule has 0 aliphatic rings. The van der Waals surface area contributed by atoms with E-state index in [0.717, 1.165) is 56.7 Å². The Labute approximate surface area is 132 Å². The van der Waals surface area contributed by atoms with Crippen molar-refractivity contribution < 1.29 is 17.2 Å². The van der Waals surface area contributed by atoms with Crippen molar-refractivity contribution in [3.8, 4) is 0 Å². The fourth-order valence-electron chi connectivity index (χ4n) is 2.24. The van der Waals surface area contributed by atoms with Crippen LogP contribution in [0.25, 0.3) is 0 Å². The van der Waals surface area contributed by atoms with Gasteiger partial charge in [-0.3, -0.25) is 0 Å². The Balaban J connectivity index is 3.00. The van der Waals surface area contributed by atoms with Crippen molar-refractivity contribution in [2.24, 2.45) is 0 Å². The molecule has 0 aliphatic carbocycles. The summed E-state index contributed by atoms with van der Waals surface area (Å²) in [6.07, 6.45) is 5.20. The molecule has 0 atom stereocenters. The lowest BCUT2D eigenvalue weighted by atomic mass is 10.2. The van der Waals surface area contributed by atoms with Gasteiger partial charge in [0.1, 0.15) is 16.5 Å². The summed E-state index contributed by atoms with van der Waals surface area (Å²) in [6, 6.07) is 2.54. The minimum absolute atomic E-state index is 0.343. The van der Waals surface area contributed by atoms with Gasteiger partial charge < -0.3 is 0 Å². The zero-order chi connectivity index (χ0) is 16.6. The molecule has 0 unspecified atom stereocenters. The molecule has 0 radical (unpaired) electrons. The van der Waals surface area contributed by atoms with Crippen LogP contribution >= 0.6 is 0 Å². The minimum atomic E-state index is -4.00. The largest absolute Gasteiger partial charge is 0.246 e. The molecule has 1 aromatic rings. The van der Waals surface area contributed by atoms with Crippen molar-refractivity contribution >= 4 is 10.0 Å². The molecular weight excluding hydrogens is 308 g/mol. The Hall–Kier alpha value is -1.01. The third kappa shape index (κ3) is 5.32. The molecule has 3 nitrogen and oxygen atoms in total. The second kappa shape index (κ2) is 9.20. The van der Waals surface area contributed by atoms with Crippen LogP contribution in [0.1, 0.15) is 52.4 Å². The zero-order valence-corrected chi connectivity index (χ0v) is 14.1. The summed E-state index contributed by atoms with van der Waals surface area (Å²) in [5.41, 5.74) is 0. The van der Waals surface area contributed by atoms with Gasteiger partial charge in [0.2, 0.25) is 10.0 Å². The highest BCUT2D eigenvalue weighted by molar-refractivity contribution is 7.89. The van der Waals surface area contributed by atoms with Gasteiger partial charge in [-0.25, -0.2) is 17.2 Å². The standard InChI is InChI=1S/C16H25F2NO2S/c1-3-5-7-11-19(12-8-6-4-2)22(20,21)16-13-14(17)9-10-15(16)18/h9-10,13H,3-8,11-12H2,1-2H3. The minimum Gasteiger partial charge on any atom is -0.207 e. The topological polar surface area (TPSA) is 37.4 Å². The molecule has 0 aliphatic heterocycles. The van der Waals surface area contributed by atoms with Crippen molar-refractivity contribution in [3.05, 3.63) is 29.8 Å². The number of nitrogens with zero attached hydrogens (tertiary/aromatic N) is 1. The lowest BCUT2D eigenvalue weighted by Crippen LogP contribution is -2.33. The van der Waals surface area contributed by atoms with E-state index in [4.69, 9.17) is 0 Å². The van der Waals surface area contributed by atoms with Crippen LogP contribution in [0.3, 0.4) is 0 Å². The number of rotatable bonds is 10. The van der Waals surface area contributed by atoms with Gasteiger partial charge in [0.05, 0.1) is 0 Å². The molecule has 0 N–H and O–H groups in total. The number of hydrogen-bond acceptors (Lipinski definition) is 2. The van der Waals surface area contributed by atoms with Crippen LogP contribution in [-0.2, 0) is 10.0 Å². The predicted molar refractivity (Wildman–Crippen MR) is 84.2 cm³/mol. The molecule has 6 heteroatoms. The predicted octanol–water partition coefficient (Wildman–Crippen LogP) is 4.34. The first-order valence-electron chi connectivity index (χ1n) is 7.88. The first-order valence-corrected chi connectivity index (χ1v) is 9.32. The van der Waals surface area contributed by atoms with Gasteiger partial charge in [0, 0.05) is 13.1 Å². The Morgan fingerprint density at radius 1 is 0.955 bits per heavy atom. The van der Waals surface area contributed by atoms with Gasteiger partial charge in [-0.05, 0) is 31.0 Å². The highest BCUT2D eigenvalue weighted by atomic mass is 32.2. The molecule has 0 heterocycles. The maximum Gasteiger partial charge on any atom is 0.246 e. The van der Waals surface area contributed by atoms with Crippen molar-refractivity contribution in [3.63, 3.8) is 0 Å². The Morgan fingerprint density at radius 3 is 2.00 bits per heavy atom. The van der Waals surface area contributed by atoms with Gasteiger partial charge in [-0.1, -0.05) is 39.5 Å². The maximum absolute atomic E-state index is 13.8. The number of benzene rings is 1. The molecule has 1 aromatic carbocycles. The van der Waals surface area contributed by atoms with E-state index < -0.39 is 26.6 Å². The van der Waals surface area contributed by atoms with E-state index in [1.807, 2.05) is 13.8 Å². The highest BCUT2D eigenvalue weighted by Crippen LogP contribution is 2.21. The maximum atomic E-state index is 13.8. The summed E-state index contributed by atoms with van der Waals surface area (Å²) >= 11 is 0. The quantitative estimate of drug-likeness (QED) is 0.597. The smallest absolute Gasteiger partial charge is 0.207 e. The number of sulfonamides is 1. The van der Waals surface area contributed by atoms with Crippen molar-refractivity contribution in [1.29, 1.82) is 0 Å². The Morgan fingerprint density at radius 2 is 1.50 bits per heavy atom. The summed E-state index contributed by atoms with van der Waals surface area (Å²) in [5, 5.41) is 0. The molecule has 1 rings (SSSR count). The molecule has 0 bridgehead atoms. The molecule has 126 valence electrons. The van der Waals surface area contributed by atoms with Crippen molar-refractivity contribution in [2.75, 3.05) is 13.1 Å². The zero-order valence-electron chi connectivity index (χ0n) is 13.3. The summed E-state index contributed by atoms with van der Waals surface area (Å²) in [6.45, 7) is 4.75. The summed E-state index contributed by atoms with van der Waals surface area (Å²) < 4.78 is 53.6. The number of unbranched alkanes of at least 4 members (excludes halogenated alkanes) is 4. The van der Waals surface area contributed by atoms with Crippen LogP contribution in [0, 0.1) is 11.6 Å². The van der Waals surface area contributed by atoms with E-state index in [9.17, 15) is 17.2 Å². The SMILES string of the molecule is CCCCCN(CCCCC)S(=O)(=O)c1cc(F)ccc1F. The van der Waals surface area contributed by atoms with E-state index in [1.165, 1.54) is 4.31 Å². The van der Waals surface area contributed by atoms with Gasteiger partial charge in [-0.2, -0.15) is 4.31 Å². The molecule has 0 spiro atoms. The third-order valence-corrected chi connectivity index (χ3v) is 5.45. The van der Waals surface area contributed by atoms with E-state index in [2.05, 4.69) is 0 Å². The van der Waals surface area contributed by atoms with Crippen molar-refractivity contribution in [2.45, 2.75) is 57.3 Å². The molecule has 0 saturated heterocycles. The van der Waals surface area contributed by atoms with Crippen LogP contribution in [0.2, 0.25) is 0 Å². The van der Waals surface area contributed by atoms with Crippen molar-refractivity contribution in [1.82, 2.24) is 4.31 Å². The van der Waals surface area contributed by atoms with E-state index in [1.54, 1.807) is 0 Å². The normalized spacial score (nSPS) is 12.0. The van der Waals surface area contributed by atoms with Gasteiger partial charge >= 0.3 is 0 Å². The molecule has 0 amide bonds. The molecular formula is C16H25F2NO2S. The van der Waals surface area contributed by atoms with E-state index >= 15 is 0 Å². The van der Waals surface area contributed by atoms with Crippen LogP contribution in [0.15, 0.2) is 23.1 Å². The molecule has 0 aromatic heterocycles. The van der Waals surface area contributed by atoms with Gasteiger partial charge in [-0.15, -0.1) is 0 Å². The summed E-state index contributed by atoms with van der Waals surface area (Å²) in [4.78, 5) is -0.569. The van der Waals surface area contributed by atoms with Crippen LogP contribution in [0.4, 0.5) is 8.78 Å². The summed E-state index contributed by atoms with van der Waals surface area (Å²) in [5.74, 6) is -1.65. The number of hydrogen-bond donors (Lipinski definition) is 0. The fourth-order valence-corrected chi connectivity index (χ4v) is 3.84. The summed E-state index contributed by atoms with van der Waals surface area (Å²) in [7, 11) is -4.00. The first kappa shape index (κ1) is 19.0. The highest BCUT2D eigenvalue weighted by Gasteiger charge is 2.27. The van der Waals surface area contributed by atoms with E-state index in [-0.39, 0.29) is 0 Å². The van der Waals surface area contributed by atoms with Crippen LogP contribution in [-0.4, -0.2) is 25.8 Å². The van der Waals surface area contributed by atoms with Crippen LogP contribution < -0.4 is 0 Å². The number of halogens is 2. The first-order chi connectivity index (χ1) is 10.4. The van der Waals surface area contributed by atoms with E-state index in [0.29, 0.717) is 13.1 Å². The second-order valence-corrected chi connectivity index (χ2v) is 7.30. The van der Waals surface area contributed by atoms with Gasteiger partial charge in [0.15, 0.2) is 0 Å². The average molecular weight is 333 g/mol. The third-order valence-electron chi connectivity index (χ3n) is 3.53. The lowest BCUT2D eigenvalue weighted by Gasteiger charge is -2.22. The van der Waals surface area contributed by atoms with Crippen LogP contribution in [0.5, 0.6) is 0 Å². The fraction of sp³-hybridized carbons (Fsp3) is 0.625. The molecule has 0 saturated carbocycles. The molecule has 0 fully saturated rings. The van der Waals surface area contributed by atoms with Gasteiger partial charge in [0.25, 0.3) is 0 Å². The lowest BCUT2D eigenvalue weighted by molar-refractivity contribution is 0.385. The monoisotopic (exact) mass is 333 g/mol. The second-order valence-electron chi connectivity index (χ2n) is 5.39. The molecule has 22 heavy (non-hydrogen) atoms. The Bertz CT molecular complexity index is 551. The Kier molecular flexibility index (Phi) is 7.96. The average Bonchev–Trinajstić information content (AvgIpc) is 2.48.